The van der Waals surface area contributed by atoms with Crippen molar-refractivity contribution in [3.05, 3.63) is 81.5 Å². The minimum atomic E-state index is 0.284. The molecule has 1 aromatic heterocycles. The first-order valence-electron chi connectivity index (χ1n) is 14.4. The molecule has 0 bridgehead atoms. The third-order valence-corrected chi connectivity index (χ3v) is 7.95. The van der Waals surface area contributed by atoms with Gasteiger partial charge < -0.3 is 14.8 Å². The average Bonchev–Trinajstić information content (AvgIpc) is 2.95. The topological polar surface area (TPSA) is 58.3 Å². The van der Waals surface area contributed by atoms with Gasteiger partial charge in [0.1, 0.15) is 0 Å². The van der Waals surface area contributed by atoms with Gasteiger partial charge in [0, 0.05) is 36.0 Å². The van der Waals surface area contributed by atoms with Crippen molar-refractivity contribution in [3.8, 4) is 17.1 Å². The van der Waals surface area contributed by atoms with E-state index in [1.807, 2.05) is 31.3 Å². The van der Waals surface area contributed by atoms with E-state index < -0.39 is 0 Å². The maximum atomic E-state index is 6.27. The van der Waals surface area contributed by atoms with Crippen molar-refractivity contribution >= 4 is 35.1 Å². The molecule has 2 aliphatic carbocycles. The van der Waals surface area contributed by atoms with Gasteiger partial charge in [-0.3, -0.25) is 9.98 Å². The highest BCUT2D eigenvalue weighted by Gasteiger charge is 2.21. The predicted octanol–water partition coefficient (Wildman–Crippen LogP) is 5.45. The Morgan fingerprint density at radius 2 is 1.80 bits per heavy atom. The van der Waals surface area contributed by atoms with Crippen LogP contribution in [-0.2, 0) is 0 Å². The third-order valence-electron chi connectivity index (χ3n) is 7.70. The molecular weight excluding hydrogens is 516 g/mol. The van der Waals surface area contributed by atoms with Crippen LogP contribution in [0.5, 0.6) is 0 Å². The summed E-state index contributed by atoms with van der Waals surface area (Å²) in [5, 5.41) is 7.43. The second-order valence-corrected chi connectivity index (χ2v) is 11.8. The zero-order chi connectivity index (χ0) is 27.6. The lowest BCUT2D eigenvalue weighted by molar-refractivity contribution is 0.192. The minimum Gasteiger partial charge on any atom is -0.352 e. The van der Waals surface area contributed by atoms with E-state index in [9.17, 15) is 0 Å². The molecule has 0 atom stereocenters. The summed E-state index contributed by atoms with van der Waals surface area (Å²) in [5.74, 6) is 0.684. The Labute approximate surface area is 241 Å². The lowest BCUT2D eigenvalue weighted by Gasteiger charge is -2.31. The van der Waals surface area contributed by atoms with Crippen LogP contribution >= 0.6 is 11.6 Å². The zero-order valence-electron chi connectivity index (χ0n) is 23.6. The first-order chi connectivity index (χ1) is 19.4. The maximum absolute atomic E-state index is 6.27. The van der Waals surface area contributed by atoms with Crippen molar-refractivity contribution < 1.29 is 0 Å². The number of likely N-dealkylation sites (tertiary alicyclic amines) is 1. The highest BCUT2D eigenvalue weighted by atomic mass is 35.5. The standard InChI is InChI=1S/C33H37ClN6/c1-22(2)21-39-16-14-25(15-17-39)36-30-19-33-31(18-29(30)37-26-11-8-23(3)35-20-26)38-28-6-4-5-7-32(28)40(33)27-12-9-24(34)10-13-27/h6-13,18-20,22,25,37H,4-5,14-17,21H2,1-3H3. The number of anilines is 2. The van der Waals surface area contributed by atoms with Gasteiger partial charge in [-0.2, -0.15) is 0 Å². The molecule has 40 heavy (non-hydrogen) atoms. The van der Waals surface area contributed by atoms with E-state index in [-0.39, 0.29) is 6.04 Å². The monoisotopic (exact) mass is 552 g/mol. The van der Waals surface area contributed by atoms with Crippen LogP contribution in [0.3, 0.4) is 0 Å². The van der Waals surface area contributed by atoms with E-state index in [2.05, 4.69) is 76.1 Å². The van der Waals surface area contributed by atoms with Gasteiger partial charge in [-0.1, -0.05) is 37.6 Å². The number of halogens is 1. The Balaban J connectivity index is 1.51. The van der Waals surface area contributed by atoms with Crippen LogP contribution in [-0.4, -0.2) is 45.1 Å². The van der Waals surface area contributed by atoms with E-state index in [1.165, 1.54) is 0 Å². The summed E-state index contributed by atoms with van der Waals surface area (Å²) in [7, 11) is 0. The van der Waals surface area contributed by atoms with Gasteiger partial charge >= 0.3 is 0 Å². The van der Waals surface area contributed by atoms with E-state index in [0.717, 1.165) is 101 Å². The summed E-state index contributed by atoms with van der Waals surface area (Å²) >= 11 is 6.27. The smallest absolute Gasteiger partial charge is 0.0900 e. The van der Waals surface area contributed by atoms with Crippen molar-refractivity contribution in [2.45, 2.75) is 52.5 Å². The molecule has 1 fully saturated rings. The molecule has 1 aromatic carbocycles. The number of rotatable bonds is 6. The molecule has 0 spiro atoms. The van der Waals surface area contributed by atoms with E-state index in [0.29, 0.717) is 5.92 Å². The fourth-order valence-electron chi connectivity index (χ4n) is 5.77. The minimum absolute atomic E-state index is 0.284. The van der Waals surface area contributed by atoms with E-state index >= 15 is 0 Å². The number of hydrogen-bond acceptors (Lipinski definition) is 5. The van der Waals surface area contributed by atoms with Crippen molar-refractivity contribution in [1.29, 1.82) is 0 Å². The van der Waals surface area contributed by atoms with Gasteiger partial charge in [-0.05, 0) is 87.1 Å². The predicted molar refractivity (Wildman–Crippen MR) is 165 cm³/mol. The first kappa shape index (κ1) is 26.7. The molecule has 1 N–H and O–H groups in total. The van der Waals surface area contributed by atoms with Crippen molar-refractivity contribution in [2.24, 2.45) is 10.9 Å². The largest absolute Gasteiger partial charge is 0.352 e. The maximum Gasteiger partial charge on any atom is 0.0900 e. The summed E-state index contributed by atoms with van der Waals surface area (Å²) in [5.41, 5.74) is 5.92. The van der Waals surface area contributed by atoms with E-state index in [4.69, 9.17) is 21.6 Å². The Hall–Kier alpha value is -3.48. The molecule has 2 aliphatic heterocycles. The Morgan fingerprint density at radius 1 is 1.02 bits per heavy atom. The van der Waals surface area contributed by atoms with E-state index in [1.54, 1.807) is 0 Å². The number of hydrogen-bond donors (Lipinski definition) is 1. The molecular formula is C33H37ClN6. The lowest BCUT2D eigenvalue weighted by Crippen LogP contribution is -2.40. The summed E-state index contributed by atoms with van der Waals surface area (Å²) in [6.45, 7) is 9.93. The normalized spacial score (nSPS) is 16.6. The Bertz CT molecular complexity index is 1650. The molecule has 2 aromatic rings. The molecule has 0 unspecified atom stereocenters. The third kappa shape index (κ3) is 5.84. The van der Waals surface area contributed by atoms with Gasteiger partial charge in [-0.25, -0.2) is 4.98 Å². The molecule has 0 amide bonds. The molecule has 1 saturated heterocycles. The molecule has 6 rings (SSSR count). The fourth-order valence-corrected chi connectivity index (χ4v) is 5.89. The van der Waals surface area contributed by atoms with Gasteiger partial charge in [0.15, 0.2) is 0 Å². The van der Waals surface area contributed by atoms with Gasteiger partial charge in [0.05, 0.1) is 51.1 Å². The lowest BCUT2D eigenvalue weighted by atomic mass is 10.0. The molecule has 206 valence electrons. The zero-order valence-corrected chi connectivity index (χ0v) is 24.3. The number of aryl methyl sites for hydroxylation is 1. The average molecular weight is 553 g/mol. The second kappa shape index (κ2) is 11.6. The number of nitrogens with zero attached hydrogens (tertiary/aromatic N) is 5. The SMILES string of the molecule is Cc1ccc(Nc2cc3nc4c(n(-c5ccc(Cl)cc5)c-3cc2=NC2CCN(CC(C)C)CC2)=CCCC=4)cn1. The number of fused-ring (bicyclic) bond motifs is 2. The van der Waals surface area contributed by atoms with Crippen LogP contribution in [0.4, 0.5) is 11.4 Å². The van der Waals surface area contributed by atoms with Gasteiger partial charge in [0.25, 0.3) is 0 Å². The summed E-state index contributed by atoms with van der Waals surface area (Å²) in [6, 6.07) is 16.8. The Kier molecular flexibility index (Phi) is 7.72. The number of nitrogens with one attached hydrogen (secondary N) is 1. The molecule has 4 aliphatic rings. The first-order valence-corrected chi connectivity index (χ1v) is 14.8. The number of piperidine rings is 1. The fraction of sp³-hybridized carbons (Fsp3) is 0.364. The van der Waals surface area contributed by atoms with Crippen LogP contribution in [0, 0.1) is 12.8 Å². The summed E-state index contributed by atoms with van der Waals surface area (Å²) in [6.07, 6.45) is 10.5. The van der Waals surface area contributed by atoms with Crippen LogP contribution in [0.25, 0.3) is 29.2 Å². The van der Waals surface area contributed by atoms with Gasteiger partial charge in [-0.15, -0.1) is 0 Å². The van der Waals surface area contributed by atoms with Crippen molar-refractivity contribution in [3.63, 3.8) is 0 Å². The van der Waals surface area contributed by atoms with Crippen LogP contribution < -0.4 is 21.4 Å². The van der Waals surface area contributed by atoms with Crippen LogP contribution in [0.15, 0.2) is 59.7 Å². The molecule has 7 heteroatoms. The highest BCUT2D eigenvalue weighted by molar-refractivity contribution is 6.30. The summed E-state index contributed by atoms with van der Waals surface area (Å²) < 4.78 is 2.31. The number of pyridine rings is 1. The molecule has 6 nitrogen and oxygen atoms in total. The van der Waals surface area contributed by atoms with Crippen molar-refractivity contribution in [2.75, 3.05) is 25.0 Å². The quantitative estimate of drug-likeness (QED) is 0.345. The van der Waals surface area contributed by atoms with Crippen molar-refractivity contribution in [1.82, 2.24) is 19.4 Å². The molecule has 0 saturated carbocycles. The highest BCUT2D eigenvalue weighted by Crippen LogP contribution is 2.25. The second-order valence-electron chi connectivity index (χ2n) is 11.4. The van der Waals surface area contributed by atoms with Crippen LogP contribution in [0.2, 0.25) is 5.02 Å². The number of benzene rings is 2. The van der Waals surface area contributed by atoms with Gasteiger partial charge in [0.2, 0.25) is 0 Å². The molecule has 0 radical (unpaired) electrons. The van der Waals surface area contributed by atoms with Crippen LogP contribution in [0.1, 0.15) is 45.2 Å². The summed E-state index contributed by atoms with van der Waals surface area (Å²) in [4.78, 5) is 17.6. The molecule has 3 heterocycles. The number of aromatic nitrogens is 3. The Morgan fingerprint density at radius 3 is 2.52 bits per heavy atom.